The van der Waals surface area contributed by atoms with Gasteiger partial charge in [-0.3, -0.25) is 0 Å². The predicted octanol–water partition coefficient (Wildman–Crippen LogP) is 2.44. The van der Waals surface area contributed by atoms with Crippen molar-refractivity contribution in [1.29, 1.82) is 0 Å². The van der Waals surface area contributed by atoms with Crippen molar-refractivity contribution in [2.75, 3.05) is 26.3 Å². The molecule has 1 saturated carbocycles. The number of hydrogen-bond donors (Lipinski definition) is 1. The Labute approximate surface area is 93.8 Å². The highest BCUT2D eigenvalue weighted by Gasteiger charge is 2.19. The molecule has 1 saturated heterocycles. The van der Waals surface area contributed by atoms with Gasteiger partial charge in [0.05, 0.1) is 6.61 Å². The van der Waals surface area contributed by atoms with Crippen LogP contribution in [0, 0.1) is 17.8 Å². The summed E-state index contributed by atoms with van der Waals surface area (Å²) in [6, 6.07) is 0. The van der Waals surface area contributed by atoms with Crippen molar-refractivity contribution >= 4 is 0 Å². The Balaban J connectivity index is 1.56. The maximum Gasteiger partial charge on any atom is 0.0507 e. The highest BCUT2D eigenvalue weighted by atomic mass is 16.5. The molecule has 1 heterocycles. The molecule has 88 valence electrons. The van der Waals surface area contributed by atoms with Gasteiger partial charge in [0, 0.05) is 13.2 Å². The van der Waals surface area contributed by atoms with Crippen molar-refractivity contribution < 1.29 is 4.74 Å². The fourth-order valence-electron chi connectivity index (χ4n) is 2.98. The molecule has 3 atom stereocenters. The van der Waals surface area contributed by atoms with Crippen molar-refractivity contribution in [3.05, 3.63) is 0 Å². The van der Waals surface area contributed by atoms with Gasteiger partial charge < -0.3 is 10.1 Å². The van der Waals surface area contributed by atoms with Crippen LogP contribution < -0.4 is 5.32 Å². The third-order valence-corrected chi connectivity index (χ3v) is 3.94. The van der Waals surface area contributed by atoms with Gasteiger partial charge in [-0.2, -0.15) is 0 Å². The zero-order valence-electron chi connectivity index (χ0n) is 10.0. The molecule has 2 heteroatoms. The summed E-state index contributed by atoms with van der Waals surface area (Å²) < 4.78 is 5.38. The van der Waals surface area contributed by atoms with Crippen LogP contribution in [0.15, 0.2) is 0 Å². The zero-order chi connectivity index (χ0) is 10.5. The quantitative estimate of drug-likeness (QED) is 0.771. The molecule has 15 heavy (non-hydrogen) atoms. The minimum atomic E-state index is 0.783. The smallest absolute Gasteiger partial charge is 0.0507 e. The lowest BCUT2D eigenvalue weighted by atomic mass is 9.82. The minimum Gasteiger partial charge on any atom is -0.381 e. The zero-order valence-corrected chi connectivity index (χ0v) is 10.0. The second-order valence-electron chi connectivity index (χ2n) is 5.53. The summed E-state index contributed by atoms with van der Waals surface area (Å²) >= 11 is 0. The molecular weight excluding hydrogens is 186 g/mol. The van der Waals surface area contributed by atoms with Crippen LogP contribution in [-0.4, -0.2) is 26.3 Å². The van der Waals surface area contributed by atoms with Gasteiger partial charge in [-0.15, -0.1) is 0 Å². The molecule has 0 amide bonds. The number of nitrogens with one attached hydrogen (secondary N) is 1. The van der Waals surface area contributed by atoms with E-state index in [9.17, 15) is 0 Å². The third-order valence-electron chi connectivity index (χ3n) is 3.94. The van der Waals surface area contributed by atoms with Crippen LogP contribution in [0.4, 0.5) is 0 Å². The predicted molar refractivity (Wildman–Crippen MR) is 62.9 cm³/mol. The average Bonchev–Trinajstić information content (AvgIpc) is 2.71. The fraction of sp³-hybridized carbons (Fsp3) is 1.00. The molecular formula is C13H25NO. The summed E-state index contributed by atoms with van der Waals surface area (Å²) in [5.41, 5.74) is 0. The summed E-state index contributed by atoms with van der Waals surface area (Å²) in [4.78, 5) is 0. The van der Waals surface area contributed by atoms with E-state index < -0.39 is 0 Å². The molecule has 1 N–H and O–H groups in total. The van der Waals surface area contributed by atoms with Crippen molar-refractivity contribution in [2.24, 2.45) is 17.8 Å². The fourth-order valence-corrected chi connectivity index (χ4v) is 2.98. The Morgan fingerprint density at radius 1 is 1.13 bits per heavy atom. The Bertz CT molecular complexity index is 177. The van der Waals surface area contributed by atoms with E-state index >= 15 is 0 Å². The van der Waals surface area contributed by atoms with Crippen molar-refractivity contribution in [3.63, 3.8) is 0 Å². The first-order chi connectivity index (χ1) is 7.34. The third kappa shape index (κ3) is 3.76. The topological polar surface area (TPSA) is 21.3 Å². The van der Waals surface area contributed by atoms with E-state index in [1.54, 1.807) is 0 Å². The summed E-state index contributed by atoms with van der Waals surface area (Å²) in [6.07, 6.45) is 7.04. The summed E-state index contributed by atoms with van der Waals surface area (Å²) in [6.45, 7) is 6.77. The van der Waals surface area contributed by atoms with E-state index in [4.69, 9.17) is 4.74 Å². The van der Waals surface area contributed by atoms with E-state index in [0.717, 1.165) is 31.0 Å². The Morgan fingerprint density at radius 2 is 2.00 bits per heavy atom. The SMILES string of the molecule is CC1CCCC(CNCC2CCOC2)C1. The van der Waals surface area contributed by atoms with Gasteiger partial charge >= 0.3 is 0 Å². The van der Waals surface area contributed by atoms with Gasteiger partial charge in [0.1, 0.15) is 0 Å². The molecule has 0 spiro atoms. The summed E-state index contributed by atoms with van der Waals surface area (Å²) in [7, 11) is 0. The highest BCUT2D eigenvalue weighted by molar-refractivity contribution is 4.74. The minimum absolute atomic E-state index is 0.783. The Hall–Kier alpha value is -0.0800. The molecule has 2 rings (SSSR count). The van der Waals surface area contributed by atoms with Crippen molar-refractivity contribution in [2.45, 2.75) is 39.0 Å². The van der Waals surface area contributed by atoms with Gasteiger partial charge in [-0.05, 0) is 43.6 Å². The first-order valence-corrected chi connectivity index (χ1v) is 6.63. The molecule has 2 nitrogen and oxygen atoms in total. The Kier molecular flexibility index (Phi) is 4.45. The number of ether oxygens (including phenoxy) is 1. The lowest BCUT2D eigenvalue weighted by Gasteiger charge is -2.27. The van der Waals surface area contributed by atoms with Crippen LogP contribution in [0.5, 0.6) is 0 Å². The van der Waals surface area contributed by atoms with Gasteiger partial charge in [0.25, 0.3) is 0 Å². The summed E-state index contributed by atoms with van der Waals surface area (Å²) in [5.74, 6) is 2.68. The van der Waals surface area contributed by atoms with Crippen molar-refractivity contribution in [1.82, 2.24) is 5.32 Å². The van der Waals surface area contributed by atoms with Gasteiger partial charge in [0.2, 0.25) is 0 Å². The van der Waals surface area contributed by atoms with Gasteiger partial charge in [-0.1, -0.05) is 19.8 Å². The van der Waals surface area contributed by atoms with Gasteiger partial charge in [0.15, 0.2) is 0 Å². The normalized spacial score (nSPS) is 37.0. The van der Waals surface area contributed by atoms with E-state index in [0.29, 0.717) is 0 Å². The molecule has 1 aliphatic carbocycles. The Morgan fingerprint density at radius 3 is 2.73 bits per heavy atom. The second-order valence-corrected chi connectivity index (χ2v) is 5.53. The molecule has 0 aromatic heterocycles. The van der Waals surface area contributed by atoms with E-state index in [1.165, 1.54) is 45.2 Å². The molecule has 0 aromatic carbocycles. The van der Waals surface area contributed by atoms with Crippen LogP contribution in [0.3, 0.4) is 0 Å². The molecule has 1 aliphatic heterocycles. The molecule has 3 unspecified atom stereocenters. The highest BCUT2D eigenvalue weighted by Crippen LogP contribution is 2.27. The van der Waals surface area contributed by atoms with Crippen LogP contribution in [0.25, 0.3) is 0 Å². The largest absolute Gasteiger partial charge is 0.381 e. The molecule has 2 aliphatic rings. The lowest BCUT2D eigenvalue weighted by Crippen LogP contribution is -2.30. The van der Waals surface area contributed by atoms with E-state index in [2.05, 4.69) is 12.2 Å². The molecule has 0 radical (unpaired) electrons. The standard InChI is InChI=1S/C13H25NO/c1-11-3-2-4-12(7-11)8-14-9-13-5-6-15-10-13/h11-14H,2-10H2,1H3. The second kappa shape index (κ2) is 5.86. The van der Waals surface area contributed by atoms with Crippen LogP contribution in [-0.2, 0) is 4.74 Å². The average molecular weight is 211 g/mol. The van der Waals surface area contributed by atoms with Crippen LogP contribution >= 0.6 is 0 Å². The summed E-state index contributed by atoms with van der Waals surface area (Å²) in [5, 5.41) is 3.64. The molecule has 0 aromatic rings. The van der Waals surface area contributed by atoms with Gasteiger partial charge in [-0.25, -0.2) is 0 Å². The first kappa shape index (κ1) is 11.4. The lowest BCUT2D eigenvalue weighted by molar-refractivity contribution is 0.184. The van der Waals surface area contributed by atoms with E-state index in [-0.39, 0.29) is 0 Å². The first-order valence-electron chi connectivity index (χ1n) is 6.63. The van der Waals surface area contributed by atoms with Crippen molar-refractivity contribution in [3.8, 4) is 0 Å². The van der Waals surface area contributed by atoms with Crippen LogP contribution in [0.1, 0.15) is 39.0 Å². The maximum atomic E-state index is 5.38. The van der Waals surface area contributed by atoms with E-state index in [1.807, 2.05) is 0 Å². The number of rotatable bonds is 4. The number of hydrogen-bond acceptors (Lipinski definition) is 2. The van der Waals surface area contributed by atoms with Crippen LogP contribution in [0.2, 0.25) is 0 Å². The monoisotopic (exact) mass is 211 g/mol. The molecule has 0 bridgehead atoms. The maximum absolute atomic E-state index is 5.38. The molecule has 2 fully saturated rings.